The molecule has 8 nitrogen and oxygen atoms in total. The molecule has 33 heavy (non-hydrogen) atoms. The molecule has 172 valence electrons. The number of carbonyl (C=O) groups excluding carboxylic acids is 2. The zero-order valence-corrected chi connectivity index (χ0v) is 19.1. The Kier molecular flexibility index (Phi) is 7.34. The summed E-state index contributed by atoms with van der Waals surface area (Å²) in [5.41, 5.74) is 8.54. The highest BCUT2D eigenvalue weighted by Gasteiger charge is 2.16. The largest absolute Gasteiger partial charge is 0.484 e. The highest BCUT2D eigenvalue weighted by atomic mass is 32.2. The van der Waals surface area contributed by atoms with Gasteiger partial charge in [-0.3, -0.25) is 14.3 Å². The van der Waals surface area contributed by atoms with Crippen molar-refractivity contribution in [1.82, 2.24) is 0 Å². The van der Waals surface area contributed by atoms with Crippen molar-refractivity contribution in [3.8, 4) is 5.75 Å². The Bertz CT molecular complexity index is 1230. The molecular formula is C24H25N3O5S. The van der Waals surface area contributed by atoms with Crippen molar-refractivity contribution >= 4 is 33.2 Å². The van der Waals surface area contributed by atoms with Gasteiger partial charge in [0.05, 0.1) is 17.0 Å². The van der Waals surface area contributed by atoms with Crippen LogP contribution in [0.3, 0.4) is 0 Å². The van der Waals surface area contributed by atoms with Crippen LogP contribution in [0.5, 0.6) is 5.75 Å². The maximum absolute atomic E-state index is 12.7. The Balaban J connectivity index is 1.57. The number of benzene rings is 3. The monoisotopic (exact) mass is 467 g/mol. The minimum Gasteiger partial charge on any atom is -0.484 e. The second kappa shape index (κ2) is 10.2. The predicted octanol–water partition coefficient (Wildman–Crippen LogP) is 3.15. The Morgan fingerprint density at radius 1 is 0.909 bits per heavy atom. The summed E-state index contributed by atoms with van der Waals surface area (Å²) in [6, 6.07) is 18.1. The van der Waals surface area contributed by atoms with Gasteiger partial charge in [0, 0.05) is 5.69 Å². The number of nitrogens with two attached hydrogens (primary N) is 1. The number of hydrogen-bond acceptors (Lipinski definition) is 5. The van der Waals surface area contributed by atoms with E-state index in [1.165, 1.54) is 24.3 Å². The summed E-state index contributed by atoms with van der Waals surface area (Å²) < 4.78 is 33.5. The molecule has 0 aliphatic heterocycles. The second-order valence-electron chi connectivity index (χ2n) is 7.52. The van der Waals surface area contributed by atoms with E-state index in [-0.39, 0.29) is 17.9 Å². The van der Waals surface area contributed by atoms with Gasteiger partial charge in [-0.25, -0.2) is 8.42 Å². The van der Waals surface area contributed by atoms with E-state index in [2.05, 4.69) is 10.0 Å². The highest BCUT2D eigenvalue weighted by molar-refractivity contribution is 7.92. The van der Waals surface area contributed by atoms with Gasteiger partial charge in [0.1, 0.15) is 5.75 Å². The van der Waals surface area contributed by atoms with E-state index >= 15 is 0 Å². The van der Waals surface area contributed by atoms with Crippen LogP contribution in [0.2, 0.25) is 0 Å². The van der Waals surface area contributed by atoms with Gasteiger partial charge in [0.2, 0.25) is 5.91 Å². The number of carbonyl (C=O) groups is 2. The molecule has 0 unspecified atom stereocenters. The number of nitrogens with one attached hydrogen (secondary N) is 2. The first kappa shape index (κ1) is 23.8. The molecule has 2 amide bonds. The fraction of sp³-hybridized carbons (Fsp3) is 0.167. The van der Waals surface area contributed by atoms with Crippen molar-refractivity contribution in [3.05, 3.63) is 83.4 Å². The van der Waals surface area contributed by atoms with Crippen LogP contribution in [0.1, 0.15) is 16.7 Å². The Hall–Kier alpha value is -3.85. The quantitative estimate of drug-likeness (QED) is 0.445. The third-order valence-electron chi connectivity index (χ3n) is 4.84. The van der Waals surface area contributed by atoms with E-state index in [0.29, 0.717) is 17.1 Å². The van der Waals surface area contributed by atoms with Crippen LogP contribution in [0.25, 0.3) is 0 Å². The number of hydrogen-bond donors (Lipinski definition) is 3. The number of amides is 2. The molecule has 3 aromatic rings. The molecule has 0 radical (unpaired) electrons. The Morgan fingerprint density at radius 2 is 1.52 bits per heavy atom. The molecule has 0 saturated heterocycles. The lowest BCUT2D eigenvalue weighted by Crippen LogP contribution is -2.20. The van der Waals surface area contributed by atoms with Crippen LogP contribution in [-0.4, -0.2) is 26.8 Å². The molecule has 3 aromatic carbocycles. The molecule has 0 saturated carbocycles. The number of sulfonamides is 1. The molecule has 0 fully saturated rings. The number of ether oxygens (including phenoxy) is 1. The van der Waals surface area contributed by atoms with E-state index in [4.69, 9.17) is 10.5 Å². The number of primary amides is 1. The lowest BCUT2D eigenvalue weighted by molar-refractivity contribution is -0.118. The Labute approximate surface area is 192 Å². The van der Waals surface area contributed by atoms with Crippen LogP contribution in [0.4, 0.5) is 11.4 Å². The molecule has 0 atom stereocenters. The minimum absolute atomic E-state index is 0.0791. The minimum atomic E-state index is -3.78. The predicted molar refractivity (Wildman–Crippen MR) is 127 cm³/mol. The summed E-state index contributed by atoms with van der Waals surface area (Å²) in [6.07, 6.45) is 0.132. The molecule has 0 spiro atoms. The van der Waals surface area contributed by atoms with Crippen molar-refractivity contribution in [2.75, 3.05) is 16.6 Å². The molecular weight excluding hydrogens is 442 g/mol. The fourth-order valence-corrected chi connectivity index (χ4v) is 4.34. The highest BCUT2D eigenvalue weighted by Crippen LogP contribution is 2.24. The summed E-state index contributed by atoms with van der Waals surface area (Å²) in [5.74, 6) is -0.360. The van der Waals surface area contributed by atoms with Gasteiger partial charge in [0.15, 0.2) is 6.61 Å². The van der Waals surface area contributed by atoms with Crippen molar-refractivity contribution < 1.29 is 22.7 Å². The van der Waals surface area contributed by atoms with E-state index in [9.17, 15) is 18.0 Å². The second-order valence-corrected chi connectivity index (χ2v) is 9.20. The molecule has 0 aromatic heterocycles. The number of anilines is 2. The zero-order valence-electron chi connectivity index (χ0n) is 18.3. The van der Waals surface area contributed by atoms with Crippen molar-refractivity contribution in [2.45, 2.75) is 25.2 Å². The number of aryl methyl sites for hydroxylation is 2. The summed E-state index contributed by atoms with van der Waals surface area (Å²) in [5, 5.41) is 2.66. The van der Waals surface area contributed by atoms with Crippen molar-refractivity contribution in [2.24, 2.45) is 5.73 Å². The van der Waals surface area contributed by atoms with Gasteiger partial charge >= 0.3 is 0 Å². The van der Waals surface area contributed by atoms with Gasteiger partial charge in [-0.05, 0) is 66.9 Å². The van der Waals surface area contributed by atoms with Crippen LogP contribution in [0.15, 0.2) is 71.6 Å². The molecule has 9 heteroatoms. The fourth-order valence-electron chi connectivity index (χ4n) is 3.14. The molecule has 0 bridgehead atoms. The standard InChI is InChI=1S/C24H25N3O5S/c1-16-4-3-5-17(2)24(16)27-33(30,31)21-12-8-19(9-13-21)26-23(29)15-32-20-10-6-18(7-11-20)14-22(25)28/h3-13,27H,14-15H2,1-2H3,(H2,25,28)(H,26,29). The van der Waals surface area contributed by atoms with Gasteiger partial charge in [-0.2, -0.15) is 0 Å². The normalized spacial score (nSPS) is 11.0. The maximum atomic E-state index is 12.7. The Morgan fingerprint density at radius 3 is 2.09 bits per heavy atom. The van der Waals surface area contributed by atoms with Crippen LogP contribution in [-0.2, 0) is 26.0 Å². The van der Waals surface area contributed by atoms with Gasteiger partial charge in [-0.15, -0.1) is 0 Å². The molecule has 0 aliphatic rings. The average molecular weight is 468 g/mol. The van der Waals surface area contributed by atoms with Crippen molar-refractivity contribution in [1.29, 1.82) is 0 Å². The van der Waals surface area contributed by atoms with E-state index < -0.39 is 21.8 Å². The van der Waals surface area contributed by atoms with Gasteiger partial charge in [-0.1, -0.05) is 30.3 Å². The summed E-state index contributed by atoms with van der Waals surface area (Å²) in [7, 11) is -3.78. The lowest BCUT2D eigenvalue weighted by atomic mass is 10.1. The number of rotatable bonds is 9. The first-order valence-electron chi connectivity index (χ1n) is 10.1. The first-order chi connectivity index (χ1) is 15.6. The third-order valence-corrected chi connectivity index (χ3v) is 6.20. The number of para-hydroxylation sites is 1. The van der Waals surface area contributed by atoms with E-state index in [0.717, 1.165) is 16.7 Å². The smallest absolute Gasteiger partial charge is 0.262 e. The van der Waals surface area contributed by atoms with Gasteiger partial charge in [0.25, 0.3) is 15.9 Å². The summed E-state index contributed by atoms with van der Waals surface area (Å²) >= 11 is 0. The first-order valence-corrected chi connectivity index (χ1v) is 11.6. The summed E-state index contributed by atoms with van der Waals surface area (Å²) in [6.45, 7) is 3.44. The molecule has 0 aliphatic carbocycles. The third kappa shape index (κ3) is 6.56. The van der Waals surface area contributed by atoms with Crippen LogP contribution in [0, 0.1) is 13.8 Å². The van der Waals surface area contributed by atoms with Crippen LogP contribution < -0.4 is 20.5 Å². The van der Waals surface area contributed by atoms with E-state index in [1.807, 2.05) is 32.0 Å². The maximum Gasteiger partial charge on any atom is 0.262 e. The van der Waals surface area contributed by atoms with E-state index in [1.54, 1.807) is 24.3 Å². The SMILES string of the molecule is Cc1cccc(C)c1NS(=O)(=O)c1ccc(NC(=O)COc2ccc(CC(N)=O)cc2)cc1. The average Bonchev–Trinajstić information content (AvgIpc) is 2.76. The summed E-state index contributed by atoms with van der Waals surface area (Å²) in [4.78, 5) is 23.2. The lowest BCUT2D eigenvalue weighted by Gasteiger charge is -2.13. The zero-order chi connectivity index (χ0) is 24.0. The van der Waals surface area contributed by atoms with Crippen molar-refractivity contribution in [3.63, 3.8) is 0 Å². The van der Waals surface area contributed by atoms with Gasteiger partial charge < -0.3 is 15.8 Å². The molecule has 4 N–H and O–H groups in total. The van der Waals surface area contributed by atoms with Crippen LogP contribution >= 0.6 is 0 Å². The topological polar surface area (TPSA) is 128 Å². The molecule has 3 rings (SSSR count). The molecule has 0 heterocycles.